The number of thiazole rings is 1. The molecule has 1 aromatic heterocycles. The molecule has 1 aliphatic rings. The maximum absolute atomic E-state index is 13.6. The molecule has 0 saturated heterocycles. The quantitative estimate of drug-likeness (QED) is 0.509. The number of allylic oxidation sites excluding steroid dienone is 1. The highest BCUT2D eigenvalue weighted by Crippen LogP contribution is 2.31. The van der Waals surface area contributed by atoms with Gasteiger partial charge >= 0.3 is 5.97 Å². The van der Waals surface area contributed by atoms with Gasteiger partial charge in [-0.15, -0.1) is 0 Å². The summed E-state index contributed by atoms with van der Waals surface area (Å²) in [5, 5.41) is 0. The zero-order chi connectivity index (χ0) is 24.4. The average Bonchev–Trinajstić information content (AvgIpc) is 3.13. The molecule has 8 heteroatoms. The third kappa shape index (κ3) is 4.28. The lowest BCUT2D eigenvalue weighted by molar-refractivity contribution is -0.139. The maximum Gasteiger partial charge on any atom is 0.338 e. The molecule has 4 rings (SSSR count). The number of carbonyl (C=O) groups is 1. The number of aromatic nitrogens is 1. The van der Waals surface area contributed by atoms with Crippen LogP contribution in [0.5, 0.6) is 11.5 Å². The van der Waals surface area contributed by atoms with Crippen LogP contribution in [-0.2, 0) is 9.53 Å². The lowest BCUT2D eigenvalue weighted by Gasteiger charge is -2.24. The van der Waals surface area contributed by atoms with Crippen LogP contribution in [0.15, 0.2) is 63.5 Å². The molecule has 0 spiro atoms. The number of ether oxygens (including phenoxy) is 3. The number of rotatable bonds is 6. The van der Waals surface area contributed by atoms with Crippen LogP contribution in [0.4, 0.5) is 0 Å². The first-order chi connectivity index (χ1) is 16.4. The zero-order valence-corrected chi connectivity index (χ0v) is 20.6. The lowest BCUT2D eigenvalue weighted by atomic mass is 9.95. The summed E-state index contributed by atoms with van der Waals surface area (Å²) in [5.41, 5.74) is 3.39. The van der Waals surface area contributed by atoms with E-state index >= 15 is 0 Å². The fraction of sp³-hybridized carbons (Fsp3) is 0.269. The summed E-state index contributed by atoms with van der Waals surface area (Å²) >= 11 is 1.28. The minimum atomic E-state index is -0.622. The largest absolute Gasteiger partial charge is 0.493 e. The van der Waals surface area contributed by atoms with Crippen LogP contribution in [0.25, 0.3) is 6.08 Å². The van der Waals surface area contributed by atoms with Gasteiger partial charge in [-0.05, 0) is 50.1 Å². The highest BCUT2D eigenvalue weighted by Gasteiger charge is 2.33. The highest BCUT2D eigenvalue weighted by atomic mass is 32.1. The van der Waals surface area contributed by atoms with E-state index in [4.69, 9.17) is 14.2 Å². The third-order valence-corrected chi connectivity index (χ3v) is 6.60. The minimum absolute atomic E-state index is 0.224. The average molecular weight is 479 g/mol. The monoisotopic (exact) mass is 478 g/mol. The van der Waals surface area contributed by atoms with E-state index < -0.39 is 12.0 Å². The van der Waals surface area contributed by atoms with Crippen molar-refractivity contribution in [3.8, 4) is 11.5 Å². The molecule has 1 aliphatic heterocycles. The summed E-state index contributed by atoms with van der Waals surface area (Å²) in [6, 6.07) is 12.6. The third-order valence-electron chi connectivity index (χ3n) is 5.62. The molecule has 0 bridgehead atoms. The molecule has 1 atom stereocenters. The maximum atomic E-state index is 13.6. The SMILES string of the molecule is CCOC(=O)C1=C(C)N=c2sc(=Cc3ccc(OC)c(OC)c3)c(=O)n2[C@@H]1c1ccc(C)cc1. The summed E-state index contributed by atoms with van der Waals surface area (Å²) in [4.78, 5) is 31.7. The first-order valence-electron chi connectivity index (χ1n) is 10.9. The number of methoxy groups -OCH3 is 2. The van der Waals surface area contributed by atoms with Crippen molar-refractivity contribution in [3.05, 3.63) is 90.1 Å². The van der Waals surface area contributed by atoms with Crippen molar-refractivity contribution in [2.24, 2.45) is 4.99 Å². The number of hydrogen-bond acceptors (Lipinski definition) is 7. The Morgan fingerprint density at radius 2 is 1.79 bits per heavy atom. The Morgan fingerprint density at radius 1 is 1.09 bits per heavy atom. The zero-order valence-electron chi connectivity index (χ0n) is 19.7. The van der Waals surface area contributed by atoms with Crippen LogP contribution in [0.2, 0.25) is 0 Å². The fourth-order valence-corrected chi connectivity index (χ4v) is 5.00. The molecule has 2 aromatic carbocycles. The van der Waals surface area contributed by atoms with E-state index in [2.05, 4.69) is 4.99 Å². The summed E-state index contributed by atoms with van der Waals surface area (Å²) in [6.45, 7) is 5.76. The first kappa shape index (κ1) is 23.5. The molecule has 3 aromatic rings. The number of benzene rings is 2. The van der Waals surface area contributed by atoms with Crippen LogP contribution in [-0.4, -0.2) is 31.4 Å². The van der Waals surface area contributed by atoms with Gasteiger partial charge in [0.15, 0.2) is 16.3 Å². The van der Waals surface area contributed by atoms with E-state index in [1.54, 1.807) is 44.8 Å². The van der Waals surface area contributed by atoms with Gasteiger partial charge in [0.25, 0.3) is 5.56 Å². The molecule has 0 radical (unpaired) electrons. The van der Waals surface area contributed by atoms with Crippen molar-refractivity contribution >= 4 is 23.4 Å². The van der Waals surface area contributed by atoms with E-state index in [0.717, 1.165) is 16.7 Å². The van der Waals surface area contributed by atoms with Gasteiger partial charge in [-0.2, -0.15) is 0 Å². The van der Waals surface area contributed by atoms with Crippen LogP contribution < -0.4 is 24.4 Å². The summed E-state index contributed by atoms with van der Waals surface area (Å²) < 4.78 is 18.1. The molecule has 176 valence electrons. The molecule has 0 aliphatic carbocycles. The Labute approximate surface area is 201 Å². The van der Waals surface area contributed by atoms with Gasteiger partial charge in [0, 0.05) is 0 Å². The van der Waals surface area contributed by atoms with E-state index in [0.29, 0.717) is 32.1 Å². The predicted octanol–water partition coefficient (Wildman–Crippen LogP) is 3.12. The summed E-state index contributed by atoms with van der Waals surface area (Å²) in [5.74, 6) is 0.709. The number of aryl methyl sites for hydroxylation is 1. The summed E-state index contributed by atoms with van der Waals surface area (Å²) in [7, 11) is 3.14. The molecule has 0 unspecified atom stereocenters. The number of esters is 1. The van der Waals surface area contributed by atoms with Gasteiger partial charge in [0.2, 0.25) is 0 Å². The van der Waals surface area contributed by atoms with Gasteiger partial charge < -0.3 is 14.2 Å². The van der Waals surface area contributed by atoms with E-state index in [-0.39, 0.29) is 12.2 Å². The van der Waals surface area contributed by atoms with Crippen molar-refractivity contribution in [2.45, 2.75) is 26.8 Å². The molecule has 0 N–H and O–H groups in total. The molecule has 0 amide bonds. The van der Waals surface area contributed by atoms with Crippen molar-refractivity contribution in [2.75, 3.05) is 20.8 Å². The van der Waals surface area contributed by atoms with E-state index in [1.165, 1.54) is 11.3 Å². The lowest BCUT2D eigenvalue weighted by Crippen LogP contribution is -2.39. The Kier molecular flexibility index (Phi) is 6.70. The van der Waals surface area contributed by atoms with Gasteiger partial charge in [-0.3, -0.25) is 9.36 Å². The Morgan fingerprint density at radius 3 is 2.44 bits per heavy atom. The van der Waals surface area contributed by atoms with Gasteiger partial charge in [-0.1, -0.05) is 47.2 Å². The van der Waals surface area contributed by atoms with Gasteiger partial charge in [0.1, 0.15) is 0 Å². The second kappa shape index (κ2) is 9.69. The Hall–Kier alpha value is -3.65. The molecule has 2 heterocycles. The van der Waals surface area contributed by atoms with Crippen LogP contribution in [0, 0.1) is 6.92 Å². The minimum Gasteiger partial charge on any atom is -0.493 e. The normalized spacial score (nSPS) is 15.6. The van der Waals surface area contributed by atoms with Crippen molar-refractivity contribution < 1.29 is 19.0 Å². The Balaban J connectivity index is 1.92. The number of hydrogen-bond donors (Lipinski definition) is 0. The highest BCUT2D eigenvalue weighted by molar-refractivity contribution is 7.07. The second-order valence-electron chi connectivity index (χ2n) is 7.83. The van der Waals surface area contributed by atoms with Crippen LogP contribution in [0.1, 0.15) is 36.6 Å². The molecular formula is C26H26N2O5S. The van der Waals surface area contributed by atoms with Crippen molar-refractivity contribution in [1.29, 1.82) is 0 Å². The summed E-state index contributed by atoms with van der Waals surface area (Å²) in [6.07, 6.45) is 1.79. The predicted molar refractivity (Wildman–Crippen MR) is 131 cm³/mol. The first-order valence-corrected chi connectivity index (χ1v) is 11.7. The fourth-order valence-electron chi connectivity index (χ4n) is 3.95. The molecular weight excluding hydrogens is 452 g/mol. The standard InChI is InChI=1S/C26H26N2O5S/c1-6-33-25(30)22-16(3)27-26-28(23(22)18-10-7-15(2)8-11-18)24(29)21(34-26)14-17-9-12-19(31-4)20(13-17)32-5/h7-14,23H,6H2,1-5H3/t23-/m1/s1. The molecule has 34 heavy (non-hydrogen) atoms. The molecule has 0 saturated carbocycles. The second-order valence-corrected chi connectivity index (χ2v) is 8.84. The molecule has 7 nitrogen and oxygen atoms in total. The number of fused-ring (bicyclic) bond motifs is 1. The number of nitrogens with zero attached hydrogens (tertiary/aromatic N) is 2. The van der Waals surface area contributed by atoms with E-state index in [9.17, 15) is 9.59 Å². The topological polar surface area (TPSA) is 79.1 Å². The van der Waals surface area contributed by atoms with E-state index in [1.807, 2.05) is 43.3 Å². The van der Waals surface area contributed by atoms with Crippen molar-refractivity contribution in [1.82, 2.24) is 4.57 Å². The van der Waals surface area contributed by atoms with Gasteiger partial charge in [0.05, 0.1) is 42.7 Å². The van der Waals surface area contributed by atoms with Crippen LogP contribution in [0.3, 0.4) is 0 Å². The van der Waals surface area contributed by atoms with Crippen molar-refractivity contribution in [3.63, 3.8) is 0 Å². The number of carbonyl (C=O) groups excluding carboxylic acids is 1. The smallest absolute Gasteiger partial charge is 0.338 e. The van der Waals surface area contributed by atoms with Crippen LogP contribution >= 0.6 is 11.3 Å². The Bertz CT molecular complexity index is 1450. The van der Waals surface area contributed by atoms with Gasteiger partial charge in [-0.25, -0.2) is 9.79 Å². The molecule has 0 fully saturated rings.